The van der Waals surface area contributed by atoms with Crippen LogP contribution in [0.3, 0.4) is 0 Å². The van der Waals surface area contributed by atoms with Gasteiger partial charge in [0.1, 0.15) is 0 Å². The predicted molar refractivity (Wildman–Crippen MR) is 66.3 cm³/mol. The Balaban J connectivity index is 1.87. The minimum Gasteiger partial charge on any atom is -0.398 e. The Morgan fingerprint density at radius 2 is 2.31 bits per heavy atom. The van der Waals surface area contributed by atoms with Gasteiger partial charge in [0, 0.05) is 30.3 Å². The van der Waals surface area contributed by atoms with E-state index >= 15 is 0 Å². The fraction of sp³-hybridized carbons (Fsp3) is 0.250. The van der Waals surface area contributed by atoms with Crippen LogP contribution in [0.2, 0.25) is 0 Å². The second-order valence-corrected chi connectivity index (χ2v) is 3.77. The van der Waals surface area contributed by atoms with Crippen LogP contribution in [-0.2, 0) is 6.54 Å². The van der Waals surface area contributed by atoms with Gasteiger partial charge in [-0.2, -0.15) is 5.10 Å². The first kappa shape index (κ1) is 10.5. The second-order valence-electron chi connectivity index (χ2n) is 3.77. The molecular formula is C12H16N4. The summed E-state index contributed by atoms with van der Waals surface area (Å²) in [5, 5.41) is 7.44. The number of aromatic nitrogens is 2. The molecular weight excluding hydrogens is 200 g/mol. The first-order valence-corrected chi connectivity index (χ1v) is 5.33. The molecule has 0 saturated carbocycles. The first-order chi connectivity index (χ1) is 7.75. The maximum Gasteiger partial charge on any atom is 0.0582 e. The number of benzene rings is 1. The molecule has 1 aromatic carbocycles. The van der Waals surface area contributed by atoms with Crippen molar-refractivity contribution in [2.75, 3.05) is 17.6 Å². The van der Waals surface area contributed by atoms with E-state index in [0.717, 1.165) is 30.0 Å². The summed E-state index contributed by atoms with van der Waals surface area (Å²) in [5.74, 6) is 0. The molecule has 0 amide bonds. The highest BCUT2D eigenvalue weighted by Crippen LogP contribution is 2.16. The van der Waals surface area contributed by atoms with E-state index in [1.54, 1.807) is 6.20 Å². The lowest BCUT2D eigenvalue weighted by Crippen LogP contribution is -2.10. The van der Waals surface area contributed by atoms with Crippen LogP contribution in [0, 0.1) is 6.92 Å². The van der Waals surface area contributed by atoms with Gasteiger partial charge < -0.3 is 11.1 Å². The van der Waals surface area contributed by atoms with Crippen LogP contribution in [0.1, 0.15) is 5.56 Å². The molecule has 4 heteroatoms. The number of nitrogens with zero attached hydrogens (tertiary/aromatic N) is 2. The molecule has 0 bridgehead atoms. The zero-order valence-electron chi connectivity index (χ0n) is 9.35. The van der Waals surface area contributed by atoms with Gasteiger partial charge in [-0.3, -0.25) is 4.68 Å². The molecule has 4 nitrogen and oxygen atoms in total. The quantitative estimate of drug-likeness (QED) is 0.767. The first-order valence-electron chi connectivity index (χ1n) is 5.33. The average molecular weight is 216 g/mol. The molecule has 84 valence electrons. The summed E-state index contributed by atoms with van der Waals surface area (Å²) in [5.41, 5.74) is 8.81. The van der Waals surface area contributed by atoms with Gasteiger partial charge in [-0.1, -0.05) is 6.07 Å². The van der Waals surface area contributed by atoms with Gasteiger partial charge >= 0.3 is 0 Å². The number of nitrogens with one attached hydrogen (secondary N) is 1. The number of hydrogen-bond acceptors (Lipinski definition) is 3. The fourth-order valence-electron chi connectivity index (χ4n) is 1.50. The summed E-state index contributed by atoms with van der Waals surface area (Å²) in [6.45, 7) is 3.69. The Kier molecular flexibility index (Phi) is 3.10. The predicted octanol–water partition coefficient (Wildman–Crippen LogP) is 1.89. The van der Waals surface area contributed by atoms with E-state index in [1.165, 1.54) is 0 Å². The highest BCUT2D eigenvalue weighted by molar-refractivity contribution is 5.58. The van der Waals surface area contributed by atoms with Crippen molar-refractivity contribution in [2.45, 2.75) is 13.5 Å². The summed E-state index contributed by atoms with van der Waals surface area (Å²) in [6.07, 6.45) is 3.73. The Morgan fingerprint density at radius 3 is 3.00 bits per heavy atom. The molecule has 0 fully saturated rings. The van der Waals surface area contributed by atoms with Crippen molar-refractivity contribution in [1.29, 1.82) is 0 Å². The van der Waals surface area contributed by atoms with Crippen LogP contribution < -0.4 is 11.1 Å². The molecule has 0 saturated heterocycles. The highest BCUT2D eigenvalue weighted by atomic mass is 15.3. The maximum atomic E-state index is 5.83. The smallest absolute Gasteiger partial charge is 0.0582 e. The Hall–Kier alpha value is -1.97. The number of rotatable bonds is 4. The van der Waals surface area contributed by atoms with Crippen LogP contribution in [0.15, 0.2) is 36.7 Å². The van der Waals surface area contributed by atoms with E-state index in [9.17, 15) is 0 Å². The molecule has 0 atom stereocenters. The number of nitrogens with two attached hydrogens (primary N) is 1. The third-order valence-electron chi connectivity index (χ3n) is 2.51. The van der Waals surface area contributed by atoms with Crippen molar-refractivity contribution in [3.05, 3.63) is 42.2 Å². The SMILES string of the molecule is Cc1ccc(NCCn2cccn2)cc1N. The molecule has 0 radical (unpaired) electrons. The standard InChI is InChI=1S/C12H16N4/c1-10-3-4-11(9-12(10)13)14-6-8-16-7-2-5-15-16/h2-5,7,9,14H,6,8,13H2,1H3. The Morgan fingerprint density at radius 1 is 1.44 bits per heavy atom. The van der Waals surface area contributed by atoms with Crippen molar-refractivity contribution in [3.63, 3.8) is 0 Å². The summed E-state index contributed by atoms with van der Waals surface area (Å²) < 4.78 is 1.89. The van der Waals surface area contributed by atoms with Crippen molar-refractivity contribution in [3.8, 4) is 0 Å². The van der Waals surface area contributed by atoms with Crippen LogP contribution in [0.25, 0.3) is 0 Å². The van der Waals surface area contributed by atoms with E-state index < -0.39 is 0 Å². The molecule has 0 aliphatic carbocycles. The van der Waals surface area contributed by atoms with Crippen molar-refractivity contribution in [1.82, 2.24) is 9.78 Å². The number of nitrogen functional groups attached to an aromatic ring is 1. The normalized spacial score (nSPS) is 10.3. The van der Waals surface area contributed by atoms with Crippen molar-refractivity contribution in [2.24, 2.45) is 0 Å². The summed E-state index contributed by atoms with van der Waals surface area (Å²) in [6, 6.07) is 7.93. The molecule has 0 aliphatic rings. The molecule has 0 aliphatic heterocycles. The summed E-state index contributed by atoms with van der Waals surface area (Å²) in [4.78, 5) is 0. The average Bonchev–Trinajstić information content (AvgIpc) is 2.76. The van der Waals surface area contributed by atoms with E-state index in [1.807, 2.05) is 42.1 Å². The number of anilines is 2. The van der Waals surface area contributed by atoms with Gasteiger partial charge in [0.15, 0.2) is 0 Å². The van der Waals surface area contributed by atoms with E-state index in [-0.39, 0.29) is 0 Å². The van der Waals surface area contributed by atoms with Gasteiger partial charge in [0.2, 0.25) is 0 Å². The van der Waals surface area contributed by atoms with Gasteiger partial charge in [0.25, 0.3) is 0 Å². The Bertz CT molecular complexity index is 448. The van der Waals surface area contributed by atoms with Crippen molar-refractivity contribution >= 4 is 11.4 Å². The maximum absolute atomic E-state index is 5.83. The third kappa shape index (κ3) is 2.53. The van der Waals surface area contributed by atoms with Crippen LogP contribution >= 0.6 is 0 Å². The molecule has 0 unspecified atom stereocenters. The third-order valence-corrected chi connectivity index (χ3v) is 2.51. The molecule has 2 aromatic rings. The Labute approximate surface area is 95.1 Å². The summed E-state index contributed by atoms with van der Waals surface area (Å²) >= 11 is 0. The lowest BCUT2D eigenvalue weighted by atomic mass is 10.2. The van der Waals surface area contributed by atoms with Gasteiger partial charge in [-0.25, -0.2) is 0 Å². The number of hydrogen-bond donors (Lipinski definition) is 2. The monoisotopic (exact) mass is 216 g/mol. The topological polar surface area (TPSA) is 55.9 Å². The van der Waals surface area contributed by atoms with Gasteiger partial charge in [-0.05, 0) is 30.7 Å². The van der Waals surface area contributed by atoms with E-state index in [4.69, 9.17) is 5.73 Å². The van der Waals surface area contributed by atoms with Gasteiger partial charge in [-0.15, -0.1) is 0 Å². The van der Waals surface area contributed by atoms with Crippen LogP contribution in [0.4, 0.5) is 11.4 Å². The zero-order valence-corrected chi connectivity index (χ0v) is 9.35. The highest BCUT2D eigenvalue weighted by Gasteiger charge is 1.96. The van der Waals surface area contributed by atoms with Crippen molar-refractivity contribution < 1.29 is 0 Å². The largest absolute Gasteiger partial charge is 0.398 e. The minimum absolute atomic E-state index is 0.823. The lowest BCUT2D eigenvalue weighted by molar-refractivity contribution is 0.638. The lowest BCUT2D eigenvalue weighted by Gasteiger charge is -2.08. The molecule has 2 rings (SSSR count). The van der Waals surface area contributed by atoms with Crippen LogP contribution in [-0.4, -0.2) is 16.3 Å². The molecule has 1 aromatic heterocycles. The zero-order chi connectivity index (χ0) is 11.4. The second kappa shape index (κ2) is 4.70. The number of aryl methyl sites for hydroxylation is 1. The fourth-order valence-corrected chi connectivity index (χ4v) is 1.50. The molecule has 1 heterocycles. The van der Waals surface area contributed by atoms with Gasteiger partial charge in [0.05, 0.1) is 6.54 Å². The molecule has 0 spiro atoms. The molecule has 3 N–H and O–H groups in total. The van der Waals surface area contributed by atoms with Crippen LogP contribution in [0.5, 0.6) is 0 Å². The van der Waals surface area contributed by atoms with E-state index in [0.29, 0.717) is 0 Å². The minimum atomic E-state index is 0.823. The van der Waals surface area contributed by atoms with E-state index in [2.05, 4.69) is 10.4 Å². The molecule has 16 heavy (non-hydrogen) atoms. The summed E-state index contributed by atoms with van der Waals surface area (Å²) in [7, 11) is 0.